The molecular weight excluding hydrogens is 294 g/mol. The van der Waals surface area contributed by atoms with Gasteiger partial charge in [0.15, 0.2) is 0 Å². The lowest BCUT2D eigenvalue weighted by Crippen LogP contribution is -2.39. The molecule has 1 N–H and O–H groups in total. The third-order valence-electron chi connectivity index (χ3n) is 4.03. The van der Waals surface area contributed by atoms with Gasteiger partial charge in [-0.3, -0.25) is 9.69 Å². The molecular formula is C17H17N3OS. The maximum absolute atomic E-state index is 12.2. The summed E-state index contributed by atoms with van der Waals surface area (Å²) in [5, 5.41) is 13.9. The lowest BCUT2D eigenvalue weighted by Gasteiger charge is -2.32. The lowest BCUT2D eigenvalue weighted by atomic mass is 10.0. The second-order valence-electron chi connectivity index (χ2n) is 5.44. The first-order valence-electron chi connectivity index (χ1n) is 7.27. The van der Waals surface area contributed by atoms with Crippen LogP contribution in [0, 0.1) is 11.3 Å². The number of anilines is 1. The van der Waals surface area contributed by atoms with Crippen LogP contribution in [-0.4, -0.2) is 23.9 Å². The third kappa shape index (κ3) is 3.03. The Bertz CT molecular complexity index is 732. The van der Waals surface area contributed by atoms with Crippen LogP contribution in [0.25, 0.3) is 0 Å². The maximum atomic E-state index is 12.2. The third-order valence-corrected chi connectivity index (χ3v) is 5.02. The smallest absolute Gasteiger partial charge is 0.238 e. The quantitative estimate of drug-likeness (QED) is 0.947. The normalized spacial score (nSPS) is 17.5. The van der Waals surface area contributed by atoms with Gasteiger partial charge in [0, 0.05) is 23.2 Å². The zero-order valence-corrected chi connectivity index (χ0v) is 13.2. The molecule has 4 nitrogen and oxygen atoms in total. The Labute approximate surface area is 134 Å². The second-order valence-corrected chi connectivity index (χ2v) is 6.44. The first kappa shape index (κ1) is 14.8. The number of carbonyl (C=O) groups is 1. The highest BCUT2D eigenvalue weighted by molar-refractivity contribution is 7.10. The monoisotopic (exact) mass is 311 g/mol. The van der Waals surface area contributed by atoms with Crippen LogP contribution in [0.4, 0.5) is 5.69 Å². The van der Waals surface area contributed by atoms with Crippen LogP contribution in [0.2, 0.25) is 0 Å². The molecule has 3 rings (SSSR count). The van der Waals surface area contributed by atoms with Crippen molar-refractivity contribution < 1.29 is 4.79 Å². The van der Waals surface area contributed by atoms with Crippen LogP contribution in [0.3, 0.4) is 0 Å². The summed E-state index contributed by atoms with van der Waals surface area (Å²) in [6.45, 7) is 3.42. The fourth-order valence-electron chi connectivity index (χ4n) is 2.83. The van der Waals surface area contributed by atoms with Crippen LogP contribution in [-0.2, 0) is 11.2 Å². The van der Waals surface area contributed by atoms with Gasteiger partial charge in [-0.1, -0.05) is 6.07 Å². The van der Waals surface area contributed by atoms with Crippen LogP contribution in [0.1, 0.15) is 29.0 Å². The SMILES string of the molecule is C[C@@H]1c2ccsc2CCN1CC(=O)Nc1cccc(C#N)c1. The highest BCUT2D eigenvalue weighted by atomic mass is 32.1. The minimum absolute atomic E-state index is 0.0411. The average Bonchev–Trinajstić information content (AvgIpc) is 2.99. The van der Waals surface area contributed by atoms with Crippen LogP contribution in [0.5, 0.6) is 0 Å². The molecule has 0 unspecified atom stereocenters. The number of nitriles is 1. The van der Waals surface area contributed by atoms with Crippen molar-refractivity contribution in [3.05, 3.63) is 51.7 Å². The molecule has 0 aliphatic carbocycles. The molecule has 0 saturated heterocycles. The lowest BCUT2D eigenvalue weighted by molar-refractivity contribution is -0.117. The van der Waals surface area contributed by atoms with Gasteiger partial charge in [-0.15, -0.1) is 11.3 Å². The Kier molecular flexibility index (Phi) is 4.23. The predicted molar refractivity (Wildman–Crippen MR) is 87.8 cm³/mol. The largest absolute Gasteiger partial charge is 0.325 e. The number of rotatable bonds is 3. The Hall–Kier alpha value is -2.16. The van der Waals surface area contributed by atoms with Gasteiger partial charge in [0.1, 0.15) is 0 Å². The fraction of sp³-hybridized carbons (Fsp3) is 0.294. The van der Waals surface area contributed by atoms with Gasteiger partial charge in [-0.2, -0.15) is 5.26 Å². The minimum Gasteiger partial charge on any atom is -0.325 e. The zero-order valence-electron chi connectivity index (χ0n) is 12.4. The Balaban J connectivity index is 1.64. The molecule has 0 fully saturated rings. The number of hydrogen-bond donors (Lipinski definition) is 1. The van der Waals surface area contributed by atoms with Crippen molar-refractivity contribution in [2.24, 2.45) is 0 Å². The van der Waals surface area contributed by atoms with E-state index in [0.29, 0.717) is 17.8 Å². The molecule has 1 amide bonds. The minimum atomic E-state index is -0.0411. The van der Waals surface area contributed by atoms with Crippen LogP contribution >= 0.6 is 11.3 Å². The molecule has 0 radical (unpaired) electrons. The van der Waals surface area contributed by atoms with Gasteiger partial charge in [0.05, 0.1) is 18.2 Å². The van der Waals surface area contributed by atoms with E-state index in [1.54, 1.807) is 35.6 Å². The van der Waals surface area contributed by atoms with E-state index in [1.165, 1.54) is 10.4 Å². The van der Waals surface area contributed by atoms with Crippen molar-refractivity contribution in [3.63, 3.8) is 0 Å². The number of carbonyl (C=O) groups excluding carboxylic acids is 1. The number of nitrogens with zero attached hydrogens (tertiary/aromatic N) is 2. The Morgan fingerprint density at radius 1 is 1.50 bits per heavy atom. The predicted octanol–water partition coefficient (Wildman–Crippen LogP) is 3.18. The first-order valence-corrected chi connectivity index (χ1v) is 8.15. The number of hydrogen-bond acceptors (Lipinski definition) is 4. The number of thiophene rings is 1. The molecule has 1 aliphatic heterocycles. The van der Waals surface area contributed by atoms with Crippen molar-refractivity contribution in [3.8, 4) is 6.07 Å². The molecule has 1 atom stereocenters. The maximum Gasteiger partial charge on any atom is 0.238 e. The van der Waals surface area contributed by atoms with E-state index in [4.69, 9.17) is 5.26 Å². The van der Waals surface area contributed by atoms with Crippen molar-refractivity contribution in [1.29, 1.82) is 5.26 Å². The van der Waals surface area contributed by atoms with Crippen LogP contribution in [0.15, 0.2) is 35.7 Å². The number of amides is 1. The van der Waals surface area contributed by atoms with E-state index >= 15 is 0 Å². The first-order chi connectivity index (χ1) is 10.7. The summed E-state index contributed by atoms with van der Waals surface area (Å²) in [6, 6.07) is 11.5. The Morgan fingerprint density at radius 3 is 3.18 bits per heavy atom. The molecule has 2 heterocycles. The fourth-order valence-corrected chi connectivity index (χ4v) is 3.79. The molecule has 2 aromatic rings. The van der Waals surface area contributed by atoms with E-state index in [1.807, 2.05) is 0 Å². The molecule has 0 bridgehead atoms. The van der Waals surface area contributed by atoms with E-state index in [-0.39, 0.29) is 11.9 Å². The van der Waals surface area contributed by atoms with Gasteiger partial charge in [-0.05, 0) is 48.6 Å². The van der Waals surface area contributed by atoms with E-state index < -0.39 is 0 Å². The Morgan fingerprint density at radius 2 is 2.36 bits per heavy atom. The van der Waals surface area contributed by atoms with Gasteiger partial charge >= 0.3 is 0 Å². The summed E-state index contributed by atoms with van der Waals surface area (Å²) in [4.78, 5) is 15.9. The van der Waals surface area contributed by atoms with E-state index in [2.05, 4.69) is 34.7 Å². The van der Waals surface area contributed by atoms with Crippen LogP contribution < -0.4 is 5.32 Å². The molecule has 0 saturated carbocycles. The molecule has 1 aliphatic rings. The second kappa shape index (κ2) is 6.30. The standard InChI is InChI=1S/C17H17N3OS/c1-12-15-6-8-22-16(15)5-7-20(12)11-17(21)19-14-4-2-3-13(9-14)10-18/h2-4,6,8-9,12H,5,7,11H2,1H3,(H,19,21)/t12-/m1/s1. The van der Waals surface area contributed by atoms with Gasteiger partial charge < -0.3 is 5.32 Å². The highest BCUT2D eigenvalue weighted by Crippen LogP contribution is 2.32. The highest BCUT2D eigenvalue weighted by Gasteiger charge is 2.26. The molecule has 0 spiro atoms. The number of fused-ring (bicyclic) bond motifs is 1. The van der Waals surface area contributed by atoms with Gasteiger partial charge in [-0.25, -0.2) is 0 Å². The van der Waals surface area contributed by atoms with Gasteiger partial charge in [0.2, 0.25) is 5.91 Å². The van der Waals surface area contributed by atoms with Gasteiger partial charge in [0.25, 0.3) is 0 Å². The molecule has 5 heteroatoms. The van der Waals surface area contributed by atoms with Crippen molar-refractivity contribution in [2.75, 3.05) is 18.4 Å². The van der Waals surface area contributed by atoms with Crippen molar-refractivity contribution >= 4 is 22.9 Å². The van der Waals surface area contributed by atoms with E-state index in [9.17, 15) is 4.79 Å². The zero-order chi connectivity index (χ0) is 15.5. The summed E-state index contributed by atoms with van der Waals surface area (Å²) >= 11 is 1.80. The summed E-state index contributed by atoms with van der Waals surface area (Å²) in [5.74, 6) is -0.0411. The summed E-state index contributed by atoms with van der Waals surface area (Å²) in [7, 11) is 0. The average molecular weight is 311 g/mol. The summed E-state index contributed by atoms with van der Waals surface area (Å²) < 4.78 is 0. The topological polar surface area (TPSA) is 56.1 Å². The van der Waals surface area contributed by atoms with Crippen molar-refractivity contribution in [2.45, 2.75) is 19.4 Å². The molecule has 22 heavy (non-hydrogen) atoms. The number of nitrogens with one attached hydrogen (secondary N) is 1. The summed E-state index contributed by atoms with van der Waals surface area (Å²) in [5.41, 5.74) is 2.56. The van der Waals surface area contributed by atoms with Crippen molar-refractivity contribution in [1.82, 2.24) is 4.90 Å². The summed E-state index contributed by atoms with van der Waals surface area (Å²) in [6.07, 6.45) is 1.01. The molecule has 1 aromatic carbocycles. The van der Waals surface area contributed by atoms with E-state index in [0.717, 1.165) is 13.0 Å². The molecule has 1 aromatic heterocycles. The molecule has 112 valence electrons. The number of benzene rings is 1.